The van der Waals surface area contributed by atoms with Crippen molar-refractivity contribution in [1.82, 2.24) is 29.5 Å². The van der Waals surface area contributed by atoms with Gasteiger partial charge in [-0.1, -0.05) is 6.07 Å². The number of carbonyl (C=O) groups is 2. The second-order valence-corrected chi connectivity index (χ2v) is 11.5. The van der Waals surface area contributed by atoms with Crippen LogP contribution in [0.25, 0.3) is 16.6 Å². The molecule has 0 atom stereocenters. The third-order valence-corrected chi connectivity index (χ3v) is 8.34. The predicted molar refractivity (Wildman–Crippen MR) is 139 cm³/mol. The minimum atomic E-state index is -4.81. The second-order valence-electron chi connectivity index (χ2n) is 11.5. The van der Waals surface area contributed by atoms with Crippen LogP contribution in [0.3, 0.4) is 0 Å². The Bertz CT molecular complexity index is 1710. The Balaban J connectivity index is 1.01. The van der Waals surface area contributed by atoms with Gasteiger partial charge in [0.15, 0.2) is 5.69 Å². The molecule has 0 bridgehead atoms. The summed E-state index contributed by atoms with van der Waals surface area (Å²) in [6.45, 7) is 0. The fraction of sp³-hybridized carbons (Fsp3) is 0.393. The Labute approximate surface area is 235 Å². The van der Waals surface area contributed by atoms with Gasteiger partial charge in [0, 0.05) is 30.2 Å². The van der Waals surface area contributed by atoms with E-state index in [9.17, 15) is 27.2 Å². The van der Waals surface area contributed by atoms with Gasteiger partial charge >= 0.3 is 6.18 Å². The van der Waals surface area contributed by atoms with Crippen LogP contribution in [0.4, 0.5) is 17.6 Å². The molecular formula is C28H25F4N7O3. The van der Waals surface area contributed by atoms with Gasteiger partial charge in [-0.05, 0) is 67.7 Å². The summed E-state index contributed by atoms with van der Waals surface area (Å²) in [7, 11) is 0. The molecule has 3 N–H and O–H groups in total. The molecule has 3 aliphatic rings. The molecule has 1 spiro atoms. The standard InChI is InChI=1S/C28H25F4N7O3/c29-21-6-2-14(11-34-21)15-1-5-20-22(36-26(28(30,31)32)38(20)12-15)24(41)35-16-7-27(8-16)9-18(10-27)42-25-19(23(33)40)13-39(37-25)17-3-4-17/h1-2,5-6,11-13,16-18H,3-4,7-10H2,(H2,33,40)(H,35,41)/t16-,18-,27?. The van der Waals surface area contributed by atoms with Crippen molar-refractivity contribution < 1.29 is 31.9 Å². The molecule has 2 amide bonds. The summed E-state index contributed by atoms with van der Waals surface area (Å²) in [6, 6.07) is 5.49. The highest BCUT2D eigenvalue weighted by molar-refractivity contribution is 5.99. The van der Waals surface area contributed by atoms with Crippen LogP contribution in [0.5, 0.6) is 5.88 Å². The number of carbonyl (C=O) groups excluding carboxylic acids is 2. The van der Waals surface area contributed by atoms with Gasteiger partial charge in [-0.2, -0.15) is 17.6 Å². The van der Waals surface area contributed by atoms with Gasteiger partial charge in [0.1, 0.15) is 11.7 Å². The molecule has 4 aromatic rings. The lowest BCUT2D eigenvalue weighted by Crippen LogP contribution is -2.58. The van der Waals surface area contributed by atoms with Crippen molar-refractivity contribution in [3.8, 4) is 17.0 Å². The maximum absolute atomic E-state index is 13.9. The molecule has 0 saturated heterocycles. The van der Waals surface area contributed by atoms with E-state index in [1.807, 2.05) is 0 Å². The zero-order valence-corrected chi connectivity index (χ0v) is 22.1. The number of pyridine rings is 2. The predicted octanol–water partition coefficient (Wildman–Crippen LogP) is 4.30. The number of nitrogens with one attached hydrogen (secondary N) is 1. The lowest BCUT2D eigenvalue weighted by atomic mass is 9.53. The van der Waals surface area contributed by atoms with E-state index in [2.05, 4.69) is 20.4 Å². The van der Waals surface area contributed by atoms with E-state index in [-0.39, 0.29) is 46.3 Å². The van der Waals surface area contributed by atoms with Crippen LogP contribution in [-0.4, -0.2) is 48.1 Å². The number of imidazole rings is 1. The number of rotatable bonds is 7. The first-order valence-electron chi connectivity index (χ1n) is 13.6. The van der Waals surface area contributed by atoms with E-state index in [4.69, 9.17) is 10.5 Å². The molecule has 4 heterocycles. The minimum absolute atomic E-state index is 0.000630. The zero-order chi connectivity index (χ0) is 29.4. The van der Waals surface area contributed by atoms with Crippen molar-refractivity contribution in [2.24, 2.45) is 11.1 Å². The lowest BCUT2D eigenvalue weighted by Gasteiger charge is -2.57. The van der Waals surface area contributed by atoms with Crippen LogP contribution < -0.4 is 15.8 Å². The van der Waals surface area contributed by atoms with Gasteiger partial charge in [-0.3, -0.25) is 18.7 Å². The molecule has 4 aromatic heterocycles. The SMILES string of the molecule is NC(=O)c1cn(C2CC2)nc1O[C@H]1CC2(C[C@H](NC(=O)c3nc(C(F)(F)F)n4cc(-c5ccc(F)nc5)ccc34)C2)C1. The highest BCUT2D eigenvalue weighted by Crippen LogP contribution is 2.57. The molecule has 3 aliphatic carbocycles. The zero-order valence-electron chi connectivity index (χ0n) is 22.1. The number of hydrogen-bond acceptors (Lipinski definition) is 6. The third kappa shape index (κ3) is 4.64. The molecule has 7 rings (SSSR count). The highest BCUT2D eigenvalue weighted by atomic mass is 19.4. The van der Waals surface area contributed by atoms with Crippen molar-refractivity contribution in [1.29, 1.82) is 0 Å². The summed E-state index contributed by atoms with van der Waals surface area (Å²) in [4.78, 5) is 32.1. The van der Waals surface area contributed by atoms with E-state index >= 15 is 0 Å². The number of nitrogens with two attached hydrogens (primary N) is 1. The summed E-state index contributed by atoms with van der Waals surface area (Å²) in [5, 5.41) is 7.22. The Kier molecular flexibility index (Phi) is 5.82. The van der Waals surface area contributed by atoms with Crippen molar-refractivity contribution in [2.45, 2.75) is 62.9 Å². The van der Waals surface area contributed by atoms with E-state index in [1.54, 1.807) is 10.9 Å². The summed E-state index contributed by atoms with van der Waals surface area (Å²) < 4.78 is 63.3. The summed E-state index contributed by atoms with van der Waals surface area (Å²) >= 11 is 0. The topological polar surface area (TPSA) is 129 Å². The van der Waals surface area contributed by atoms with Crippen molar-refractivity contribution in [2.75, 3.05) is 0 Å². The lowest BCUT2D eigenvalue weighted by molar-refractivity contribution is -0.145. The largest absolute Gasteiger partial charge is 0.473 e. The Morgan fingerprint density at radius 3 is 2.43 bits per heavy atom. The number of aromatic nitrogens is 5. The number of fused-ring (bicyclic) bond motifs is 1. The van der Waals surface area contributed by atoms with Gasteiger partial charge in [0.05, 0.1) is 11.6 Å². The average Bonchev–Trinajstić information content (AvgIpc) is 3.53. The fourth-order valence-electron chi connectivity index (χ4n) is 6.15. The Morgan fingerprint density at radius 2 is 1.79 bits per heavy atom. The normalized spacial score (nSPS) is 23.4. The van der Waals surface area contributed by atoms with E-state index < -0.39 is 29.8 Å². The van der Waals surface area contributed by atoms with Gasteiger partial charge in [-0.15, -0.1) is 5.10 Å². The van der Waals surface area contributed by atoms with Crippen LogP contribution in [-0.2, 0) is 6.18 Å². The number of ether oxygens (including phenoxy) is 1. The first-order valence-corrected chi connectivity index (χ1v) is 13.6. The van der Waals surface area contributed by atoms with Crippen LogP contribution in [0.15, 0.2) is 42.9 Å². The summed E-state index contributed by atoms with van der Waals surface area (Å²) in [5.41, 5.74) is 6.15. The maximum atomic E-state index is 13.9. The molecule has 14 heteroatoms. The molecule has 0 radical (unpaired) electrons. The Hall–Kier alpha value is -4.49. The molecular weight excluding hydrogens is 558 g/mol. The quantitative estimate of drug-likeness (QED) is 0.247. The molecule has 0 aromatic carbocycles. The van der Waals surface area contributed by atoms with Crippen molar-refractivity contribution in [3.05, 3.63) is 65.9 Å². The minimum Gasteiger partial charge on any atom is -0.473 e. The second kappa shape index (κ2) is 9.26. The smallest absolute Gasteiger partial charge is 0.450 e. The monoisotopic (exact) mass is 583 g/mol. The molecule has 0 unspecified atom stereocenters. The number of hydrogen-bond donors (Lipinski definition) is 2. The van der Waals surface area contributed by atoms with Crippen LogP contribution in [0.1, 0.15) is 71.2 Å². The number of nitrogens with zero attached hydrogens (tertiary/aromatic N) is 5. The van der Waals surface area contributed by atoms with Gasteiger partial charge in [0.25, 0.3) is 11.8 Å². The number of primary amides is 1. The van der Waals surface area contributed by atoms with Gasteiger partial charge < -0.3 is 15.8 Å². The highest BCUT2D eigenvalue weighted by Gasteiger charge is 2.54. The molecule has 218 valence electrons. The molecule has 10 nitrogen and oxygen atoms in total. The van der Waals surface area contributed by atoms with Crippen molar-refractivity contribution in [3.63, 3.8) is 0 Å². The van der Waals surface area contributed by atoms with Crippen molar-refractivity contribution >= 4 is 17.3 Å². The maximum Gasteiger partial charge on any atom is 0.450 e. The number of alkyl halides is 3. The molecule has 0 aliphatic heterocycles. The first kappa shape index (κ1) is 26.4. The van der Waals surface area contributed by atoms with Crippen LogP contribution >= 0.6 is 0 Å². The van der Waals surface area contributed by atoms with Gasteiger partial charge in [0.2, 0.25) is 17.7 Å². The van der Waals surface area contributed by atoms with Gasteiger partial charge in [-0.25, -0.2) is 9.97 Å². The first-order chi connectivity index (χ1) is 20.0. The summed E-state index contributed by atoms with van der Waals surface area (Å²) in [5.74, 6) is -2.99. The van der Waals surface area contributed by atoms with E-state index in [0.717, 1.165) is 23.3 Å². The fourth-order valence-corrected chi connectivity index (χ4v) is 6.15. The van der Waals surface area contributed by atoms with Crippen LogP contribution in [0.2, 0.25) is 0 Å². The van der Waals surface area contributed by atoms with E-state index in [0.29, 0.717) is 36.8 Å². The summed E-state index contributed by atoms with van der Waals surface area (Å²) in [6.07, 6.45) is 3.82. The molecule has 42 heavy (non-hydrogen) atoms. The number of halogens is 4. The molecule has 3 saturated carbocycles. The molecule has 3 fully saturated rings. The average molecular weight is 584 g/mol. The van der Waals surface area contributed by atoms with Crippen LogP contribution in [0, 0.1) is 11.4 Å². The third-order valence-electron chi connectivity index (χ3n) is 8.34. The number of amides is 2. The van der Waals surface area contributed by atoms with E-state index in [1.165, 1.54) is 30.6 Å². The Morgan fingerprint density at radius 1 is 1.05 bits per heavy atom.